The van der Waals surface area contributed by atoms with Gasteiger partial charge < -0.3 is 10.1 Å². The van der Waals surface area contributed by atoms with Gasteiger partial charge in [-0.1, -0.05) is 18.2 Å². The van der Waals surface area contributed by atoms with Gasteiger partial charge in [-0.15, -0.1) is 0 Å². The summed E-state index contributed by atoms with van der Waals surface area (Å²) in [5.74, 6) is -1.16. The summed E-state index contributed by atoms with van der Waals surface area (Å²) in [5, 5.41) is 2.24. The van der Waals surface area contributed by atoms with E-state index in [4.69, 9.17) is 0 Å². The Hall–Kier alpha value is -2.71. The van der Waals surface area contributed by atoms with Gasteiger partial charge in [0, 0.05) is 5.56 Å². The maximum atomic E-state index is 12.7. The van der Waals surface area contributed by atoms with E-state index in [2.05, 4.69) is 10.1 Å². The maximum Gasteiger partial charge on any atom is 0.422 e. The van der Waals surface area contributed by atoms with Gasteiger partial charge in [0.25, 0.3) is 5.91 Å². The first-order valence-corrected chi connectivity index (χ1v) is 6.83. The van der Waals surface area contributed by atoms with E-state index < -0.39 is 30.4 Å². The molecule has 0 radical (unpaired) electrons. The van der Waals surface area contributed by atoms with Crippen LogP contribution >= 0.6 is 0 Å². The van der Waals surface area contributed by atoms with Crippen LogP contribution in [0.3, 0.4) is 0 Å². The number of nitrogens with one attached hydrogen (secondary N) is 1. The molecule has 0 aromatic heterocycles. The number of anilines is 1. The van der Waals surface area contributed by atoms with Crippen LogP contribution in [0.15, 0.2) is 48.5 Å². The standard InChI is InChI=1S/C16H11F6NO2/c17-15(18,19)9-25-13-7-2-1-6-12(13)23-14(24)10-4-3-5-11(8-10)16(20,21)22/h1-8H,9H2,(H,23,24). The van der Waals surface area contributed by atoms with Crippen molar-refractivity contribution in [2.24, 2.45) is 0 Å². The summed E-state index contributed by atoms with van der Waals surface area (Å²) in [5.41, 5.74) is -1.39. The number of rotatable bonds is 4. The summed E-state index contributed by atoms with van der Waals surface area (Å²) in [6.07, 6.45) is -9.19. The predicted molar refractivity (Wildman–Crippen MR) is 77.4 cm³/mol. The quantitative estimate of drug-likeness (QED) is 0.785. The Morgan fingerprint density at radius 1 is 0.960 bits per heavy atom. The van der Waals surface area contributed by atoms with Gasteiger partial charge in [-0.2, -0.15) is 26.3 Å². The Kier molecular flexibility index (Phi) is 5.24. The van der Waals surface area contributed by atoms with Crippen LogP contribution in [-0.4, -0.2) is 18.7 Å². The van der Waals surface area contributed by atoms with Crippen molar-refractivity contribution < 1.29 is 35.9 Å². The maximum absolute atomic E-state index is 12.7. The number of alkyl halides is 6. The van der Waals surface area contributed by atoms with Gasteiger partial charge in [0.05, 0.1) is 11.3 Å². The normalized spacial score (nSPS) is 11.9. The highest BCUT2D eigenvalue weighted by Gasteiger charge is 2.31. The molecule has 0 spiro atoms. The van der Waals surface area contributed by atoms with Crippen LogP contribution in [-0.2, 0) is 6.18 Å². The molecule has 0 aliphatic rings. The number of benzene rings is 2. The van der Waals surface area contributed by atoms with Gasteiger partial charge in [0.2, 0.25) is 0 Å². The topological polar surface area (TPSA) is 38.3 Å². The van der Waals surface area contributed by atoms with E-state index in [1.54, 1.807) is 0 Å². The number of halogens is 6. The minimum Gasteiger partial charge on any atom is -0.482 e. The molecule has 2 aromatic carbocycles. The molecule has 1 amide bonds. The zero-order valence-corrected chi connectivity index (χ0v) is 12.4. The van der Waals surface area contributed by atoms with Crippen LogP contribution < -0.4 is 10.1 Å². The zero-order chi connectivity index (χ0) is 18.7. The van der Waals surface area contributed by atoms with E-state index in [1.807, 2.05) is 0 Å². The summed E-state index contributed by atoms with van der Waals surface area (Å²) < 4.78 is 79.3. The fourth-order valence-electron chi connectivity index (χ4n) is 1.89. The van der Waals surface area contributed by atoms with E-state index in [-0.39, 0.29) is 17.0 Å². The molecule has 0 unspecified atom stereocenters. The third kappa shape index (κ3) is 5.40. The Morgan fingerprint density at radius 2 is 1.64 bits per heavy atom. The Morgan fingerprint density at radius 3 is 2.28 bits per heavy atom. The van der Waals surface area contributed by atoms with Gasteiger partial charge in [-0.3, -0.25) is 4.79 Å². The van der Waals surface area contributed by atoms with Crippen molar-refractivity contribution in [1.82, 2.24) is 0 Å². The lowest BCUT2D eigenvalue weighted by Gasteiger charge is -2.14. The average Bonchev–Trinajstić information content (AvgIpc) is 2.52. The lowest BCUT2D eigenvalue weighted by atomic mass is 10.1. The number of amides is 1. The van der Waals surface area contributed by atoms with Gasteiger partial charge >= 0.3 is 12.4 Å². The second kappa shape index (κ2) is 7.04. The fraction of sp³-hybridized carbons (Fsp3) is 0.188. The molecule has 25 heavy (non-hydrogen) atoms. The number of ether oxygens (including phenoxy) is 1. The number of carbonyl (C=O) groups is 1. The molecule has 0 bridgehead atoms. The number of hydrogen-bond donors (Lipinski definition) is 1. The van der Waals surface area contributed by atoms with E-state index >= 15 is 0 Å². The highest BCUT2D eigenvalue weighted by Crippen LogP contribution is 2.30. The van der Waals surface area contributed by atoms with Crippen LogP contribution in [0.5, 0.6) is 5.75 Å². The van der Waals surface area contributed by atoms with E-state index in [9.17, 15) is 31.1 Å². The molecule has 0 saturated carbocycles. The number of para-hydroxylation sites is 2. The molecule has 3 nitrogen and oxygen atoms in total. The van der Waals surface area contributed by atoms with Gasteiger partial charge in [0.1, 0.15) is 5.75 Å². The molecule has 0 aliphatic carbocycles. The van der Waals surface area contributed by atoms with Gasteiger partial charge in [0.15, 0.2) is 6.61 Å². The largest absolute Gasteiger partial charge is 0.482 e. The van der Waals surface area contributed by atoms with Crippen molar-refractivity contribution in [3.05, 3.63) is 59.7 Å². The summed E-state index contributed by atoms with van der Waals surface area (Å²) in [7, 11) is 0. The second-order valence-electron chi connectivity index (χ2n) is 4.93. The minimum absolute atomic E-state index is 0.0887. The van der Waals surface area contributed by atoms with Crippen molar-refractivity contribution in [3.63, 3.8) is 0 Å². The SMILES string of the molecule is O=C(Nc1ccccc1OCC(F)(F)F)c1cccc(C(F)(F)F)c1. The summed E-state index contributed by atoms with van der Waals surface area (Å²) in [6, 6.07) is 8.97. The molecule has 0 atom stereocenters. The predicted octanol–water partition coefficient (Wildman–Crippen LogP) is 4.90. The minimum atomic E-state index is -4.62. The van der Waals surface area contributed by atoms with Crippen molar-refractivity contribution in [3.8, 4) is 5.75 Å². The lowest BCUT2D eigenvalue weighted by molar-refractivity contribution is -0.153. The summed E-state index contributed by atoms with van der Waals surface area (Å²) >= 11 is 0. The molecule has 2 aromatic rings. The fourth-order valence-corrected chi connectivity index (χ4v) is 1.89. The number of carbonyl (C=O) groups excluding carboxylic acids is 1. The molecule has 0 heterocycles. The van der Waals surface area contributed by atoms with Crippen LogP contribution in [0, 0.1) is 0 Å². The molecule has 2 rings (SSSR count). The van der Waals surface area contributed by atoms with Gasteiger partial charge in [-0.05, 0) is 30.3 Å². The highest BCUT2D eigenvalue weighted by atomic mass is 19.4. The molecule has 0 aliphatic heterocycles. The Bertz CT molecular complexity index is 755. The average molecular weight is 363 g/mol. The third-order valence-corrected chi connectivity index (χ3v) is 2.98. The molecule has 0 saturated heterocycles. The first kappa shape index (κ1) is 18.6. The molecule has 9 heteroatoms. The highest BCUT2D eigenvalue weighted by molar-refractivity contribution is 6.05. The monoisotopic (exact) mass is 363 g/mol. The van der Waals surface area contributed by atoms with Crippen molar-refractivity contribution in [2.75, 3.05) is 11.9 Å². The molecular formula is C16H11F6NO2. The molecule has 0 fully saturated rings. The molecular weight excluding hydrogens is 352 g/mol. The van der Waals surface area contributed by atoms with E-state index in [0.717, 1.165) is 18.2 Å². The Labute approximate surface area is 138 Å². The summed E-state index contributed by atoms with van der Waals surface area (Å²) in [4.78, 5) is 12.1. The Balaban J connectivity index is 2.19. The van der Waals surface area contributed by atoms with E-state index in [0.29, 0.717) is 6.07 Å². The van der Waals surface area contributed by atoms with Gasteiger partial charge in [-0.25, -0.2) is 0 Å². The van der Waals surface area contributed by atoms with Crippen molar-refractivity contribution in [2.45, 2.75) is 12.4 Å². The van der Waals surface area contributed by atoms with E-state index in [1.165, 1.54) is 24.3 Å². The first-order valence-electron chi connectivity index (χ1n) is 6.83. The van der Waals surface area contributed by atoms with Crippen LogP contribution in [0.1, 0.15) is 15.9 Å². The second-order valence-corrected chi connectivity index (χ2v) is 4.93. The van der Waals surface area contributed by atoms with Crippen molar-refractivity contribution >= 4 is 11.6 Å². The first-order chi connectivity index (χ1) is 11.6. The molecule has 1 N–H and O–H groups in total. The smallest absolute Gasteiger partial charge is 0.422 e. The lowest BCUT2D eigenvalue weighted by Crippen LogP contribution is -2.20. The zero-order valence-electron chi connectivity index (χ0n) is 12.4. The van der Waals surface area contributed by atoms with Crippen LogP contribution in [0.25, 0.3) is 0 Å². The third-order valence-electron chi connectivity index (χ3n) is 2.98. The summed E-state index contributed by atoms with van der Waals surface area (Å²) in [6.45, 7) is -1.57. The molecule has 134 valence electrons. The van der Waals surface area contributed by atoms with Crippen molar-refractivity contribution in [1.29, 1.82) is 0 Å². The van der Waals surface area contributed by atoms with Crippen LogP contribution in [0.2, 0.25) is 0 Å². The number of hydrogen-bond acceptors (Lipinski definition) is 2. The van der Waals surface area contributed by atoms with Crippen LogP contribution in [0.4, 0.5) is 32.0 Å².